The monoisotopic (exact) mass is 623 g/mol. The molecule has 2 rings (SSSR count). The first kappa shape index (κ1) is 29.6. The maximum absolute atomic E-state index is 12.4. The van der Waals surface area contributed by atoms with Crippen molar-refractivity contribution < 1.29 is 23.9 Å². The molecule has 2 aromatic carbocycles. The minimum atomic E-state index is -0.399. The molecular weight excluding hydrogens is 594 g/mol. The van der Waals surface area contributed by atoms with E-state index >= 15 is 0 Å². The van der Waals surface area contributed by atoms with Crippen LogP contribution in [0.15, 0.2) is 49.5 Å². The average Bonchev–Trinajstić information content (AvgIpc) is 2.81. The molecule has 0 heterocycles. The Bertz CT molecular complexity index is 1090. The molecule has 0 aliphatic rings. The number of azo groups is 1. The lowest BCUT2D eigenvalue weighted by molar-refractivity contribution is -0.141. The van der Waals surface area contributed by atoms with E-state index in [0.29, 0.717) is 48.1 Å². The molecule has 0 N–H and O–H groups in total. The first-order valence-electron chi connectivity index (χ1n) is 11.6. The third kappa shape index (κ3) is 8.81. The van der Waals surface area contributed by atoms with Crippen molar-refractivity contribution in [3.63, 3.8) is 0 Å². The van der Waals surface area contributed by atoms with Crippen LogP contribution in [-0.2, 0) is 19.1 Å². The summed E-state index contributed by atoms with van der Waals surface area (Å²) in [7, 11) is 0. The summed E-state index contributed by atoms with van der Waals surface area (Å²) in [6.07, 6.45) is 0.350. The van der Waals surface area contributed by atoms with Gasteiger partial charge >= 0.3 is 11.9 Å². The van der Waals surface area contributed by atoms with E-state index in [1.165, 1.54) is 13.8 Å². The predicted octanol–water partition coefficient (Wildman–Crippen LogP) is 7.28. The van der Waals surface area contributed by atoms with E-state index in [-0.39, 0.29) is 19.0 Å². The van der Waals surface area contributed by atoms with Gasteiger partial charge < -0.3 is 14.4 Å². The molecule has 0 bridgehead atoms. The summed E-state index contributed by atoms with van der Waals surface area (Å²) >= 11 is 7.17. The molecule has 0 aromatic heterocycles. The van der Waals surface area contributed by atoms with E-state index in [9.17, 15) is 14.4 Å². The number of nitrogens with zero attached hydrogens (tertiary/aromatic N) is 3. The molecule has 0 fully saturated rings. The van der Waals surface area contributed by atoms with Crippen molar-refractivity contribution in [1.82, 2.24) is 0 Å². The van der Waals surface area contributed by atoms with Gasteiger partial charge in [-0.3, -0.25) is 14.4 Å². The van der Waals surface area contributed by atoms with Crippen LogP contribution in [0.25, 0.3) is 0 Å². The van der Waals surface area contributed by atoms with Crippen molar-refractivity contribution in [3.05, 3.63) is 50.4 Å². The van der Waals surface area contributed by atoms with Crippen LogP contribution in [0.1, 0.15) is 62.9 Å². The second-order valence-corrected chi connectivity index (χ2v) is 10.0. The van der Waals surface area contributed by atoms with Crippen molar-refractivity contribution in [1.29, 1.82) is 0 Å². The summed E-state index contributed by atoms with van der Waals surface area (Å²) < 4.78 is 11.9. The number of carbonyl (C=O) groups excluding carboxylic acids is 3. The van der Waals surface area contributed by atoms with Crippen molar-refractivity contribution in [2.45, 2.75) is 47.0 Å². The standard InChI is InChI=1S/C26H31Br2N3O5/c1-6-25(34)19-7-8-23(29-30-26-21(27)13-20(16(2)3)14-22(26)28)24(15-19)31(9-11-35-17(4)32)10-12-36-18(5)33/h7-8,13-16H,6,9-12H2,1-5H3. The highest BCUT2D eigenvalue weighted by Gasteiger charge is 2.17. The number of benzene rings is 2. The molecule has 0 aliphatic heterocycles. The van der Waals surface area contributed by atoms with Gasteiger partial charge in [0.15, 0.2) is 5.78 Å². The summed E-state index contributed by atoms with van der Waals surface area (Å²) in [4.78, 5) is 36.9. The van der Waals surface area contributed by atoms with Crippen LogP contribution in [0, 0.1) is 0 Å². The largest absolute Gasteiger partial charge is 0.464 e. The summed E-state index contributed by atoms with van der Waals surface area (Å²) in [5.74, 6) is -0.468. The number of ketones is 1. The minimum absolute atomic E-state index is 0.0191. The molecule has 0 spiro atoms. The van der Waals surface area contributed by atoms with E-state index in [2.05, 4.69) is 55.9 Å². The van der Waals surface area contributed by atoms with Crippen LogP contribution in [0.2, 0.25) is 0 Å². The zero-order chi connectivity index (χ0) is 26.8. The molecule has 36 heavy (non-hydrogen) atoms. The summed E-state index contributed by atoms with van der Waals surface area (Å²) in [5, 5.41) is 8.98. The normalized spacial score (nSPS) is 11.1. The fourth-order valence-corrected chi connectivity index (χ4v) is 4.69. The van der Waals surface area contributed by atoms with E-state index in [0.717, 1.165) is 14.5 Å². The minimum Gasteiger partial charge on any atom is -0.464 e. The summed E-state index contributed by atoms with van der Waals surface area (Å²) in [6, 6.07) is 9.22. The number of carbonyl (C=O) groups is 3. The van der Waals surface area contributed by atoms with Gasteiger partial charge in [0.25, 0.3) is 0 Å². The fraction of sp³-hybridized carbons (Fsp3) is 0.423. The molecule has 0 aliphatic carbocycles. The van der Waals surface area contributed by atoms with Gasteiger partial charge in [-0.1, -0.05) is 20.8 Å². The van der Waals surface area contributed by atoms with Gasteiger partial charge in [0, 0.05) is 34.8 Å². The lowest BCUT2D eigenvalue weighted by Crippen LogP contribution is -2.32. The maximum Gasteiger partial charge on any atom is 0.302 e. The molecule has 194 valence electrons. The number of esters is 2. The first-order valence-corrected chi connectivity index (χ1v) is 13.2. The predicted molar refractivity (Wildman–Crippen MR) is 147 cm³/mol. The number of Topliss-reactive ketones (excluding diaryl/α,β-unsaturated/α-hetero) is 1. The Balaban J connectivity index is 2.51. The Labute approximate surface area is 228 Å². The van der Waals surface area contributed by atoms with Crippen LogP contribution in [0.5, 0.6) is 0 Å². The SMILES string of the molecule is CCC(=O)c1ccc(N=Nc2c(Br)cc(C(C)C)cc2Br)c(N(CCOC(C)=O)CCOC(C)=O)c1. The van der Waals surface area contributed by atoms with Crippen molar-refractivity contribution >= 4 is 66.6 Å². The highest BCUT2D eigenvalue weighted by molar-refractivity contribution is 9.11. The highest BCUT2D eigenvalue weighted by atomic mass is 79.9. The van der Waals surface area contributed by atoms with Gasteiger partial charge in [-0.05, 0) is 73.7 Å². The number of hydrogen-bond acceptors (Lipinski definition) is 8. The fourth-order valence-electron chi connectivity index (χ4n) is 3.31. The Hall–Kier alpha value is -2.59. The van der Waals surface area contributed by atoms with Crippen LogP contribution in [-0.4, -0.2) is 44.0 Å². The Morgan fingerprint density at radius 2 is 1.47 bits per heavy atom. The van der Waals surface area contributed by atoms with Crippen molar-refractivity contribution in [2.75, 3.05) is 31.2 Å². The molecule has 10 heteroatoms. The van der Waals surface area contributed by atoms with E-state index in [4.69, 9.17) is 9.47 Å². The van der Waals surface area contributed by atoms with Crippen LogP contribution in [0.4, 0.5) is 17.1 Å². The quantitative estimate of drug-likeness (QED) is 0.140. The Morgan fingerprint density at radius 1 is 0.917 bits per heavy atom. The second kappa shape index (κ2) is 14.2. The van der Waals surface area contributed by atoms with Gasteiger partial charge in [-0.2, -0.15) is 0 Å². The third-order valence-electron chi connectivity index (χ3n) is 5.26. The molecular formula is C26H31Br2N3O5. The Kier molecular flexibility index (Phi) is 11.7. The van der Waals surface area contributed by atoms with E-state index in [1.54, 1.807) is 25.1 Å². The van der Waals surface area contributed by atoms with Gasteiger partial charge in [-0.25, -0.2) is 0 Å². The smallest absolute Gasteiger partial charge is 0.302 e. The molecule has 0 unspecified atom stereocenters. The molecule has 0 radical (unpaired) electrons. The number of rotatable bonds is 12. The van der Waals surface area contributed by atoms with Crippen molar-refractivity contribution in [3.8, 4) is 0 Å². The molecule has 0 saturated carbocycles. The topological polar surface area (TPSA) is 97.6 Å². The van der Waals surface area contributed by atoms with Crippen LogP contribution in [0.3, 0.4) is 0 Å². The third-order valence-corrected chi connectivity index (χ3v) is 6.46. The van der Waals surface area contributed by atoms with Gasteiger partial charge in [0.05, 0.1) is 18.8 Å². The number of ether oxygens (including phenoxy) is 2. The Morgan fingerprint density at radius 3 is 1.94 bits per heavy atom. The van der Waals surface area contributed by atoms with Crippen molar-refractivity contribution in [2.24, 2.45) is 10.2 Å². The van der Waals surface area contributed by atoms with Crippen LogP contribution >= 0.6 is 31.9 Å². The van der Waals surface area contributed by atoms with Gasteiger partial charge in [0.2, 0.25) is 0 Å². The second-order valence-electron chi connectivity index (χ2n) is 8.34. The zero-order valence-corrected chi connectivity index (χ0v) is 24.3. The maximum atomic E-state index is 12.4. The number of anilines is 1. The van der Waals surface area contributed by atoms with Crippen LogP contribution < -0.4 is 4.90 Å². The summed E-state index contributed by atoms with van der Waals surface area (Å²) in [6.45, 7) is 9.55. The summed E-state index contributed by atoms with van der Waals surface area (Å²) in [5.41, 5.74) is 3.44. The molecule has 0 saturated heterocycles. The lowest BCUT2D eigenvalue weighted by Gasteiger charge is -2.26. The molecule has 2 aromatic rings. The molecule has 0 atom stereocenters. The lowest BCUT2D eigenvalue weighted by atomic mass is 10.0. The average molecular weight is 625 g/mol. The first-order chi connectivity index (χ1) is 17.0. The van der Waals surface area contributed by atoms with E-state index in [1.807, 2.05) is 17.0 Å². The molecule has 0 amide bonds. The van der Waals surface area contributed by atoms with Gasteiger partial charge in [-0.15, -0.1) is 10.2 Å². The van der Waals surface area contributed by atoms with Gasteiger partial charge in [0.1, 0.15) is 24.6 Å². The van der Waals surface area contributed by atoms with E-state index < -0.39 is 11.9 Å². The molecule has 8 nitrogen and oxygen atoms in total. The zero-order valence-electron chi connectivity index (χ0n) is 21.1. The number of hydrogen-bond donors (Lipinski definition) is 0. The number of halogens is 2. The highest BCUT2D eigenvalue weighted by Crippen LogP contribution is 2.39.